The molecule has 2 heterocycles. The van der Waals surface area contributed by atoms with Gasteiger partial charge in [0, 0.05) is 13.1 Å². The van der Waals surface area contributed by atoms with E-state index in [2.05, 4.69) is 15.0 Å². The van der Waals surface area contributed by atoms with E-state index in [1.54, 1.807) is 23.0 Å². The molecule has 7 nitrogen and oxygen atoms in total. The van der Waals surface area contributed by atoms with E-state index < -0.39 is 11.8 Å². The van der Waals surface area contributed by atoms with Crippen LogP contribution in [0.3, 0.4) is 0 Å². The van der Waals surface area contributed by atoms with Gasteiger partial charge in [0.25, 0.3) is 0 Å². The van der Waals surface area contributed by atoms with Crippen molar-refractivity contribution in [2.24, 2.45) is 0 Å². The van der Waals surface area contributed by atoms with E-state index in [4.69, 9.17) is 0 Å². The van der Waals surface area contributed by atoms with Crippen LogP contribution in [0.15, 0.2) is 24.4 Å². The summed E-state index contributed by atoms with van der Waals surface area (Å²) in [5.41, 5.74) is 0.845. The minimum absolute atomic E-state index is 0.0252. The number of ketones is 1. The quantitative estimate of drug-likeness (QED) is 0.624. The van der Waals surface area contributed by atoms with Crippen LogP contribution >= 0.6 is 0 Å². The number of carbonyl (C=O) groups is 2. The summed E-state index contributed by atoms with van der Waals surface area (Å²) in [4.78, 5) is 25.4. The lowest BCUT2D eigenvalue weighted by Crippen LogP contribution is -2.37. The van der Waals surface area contributed by atoms with Crippen molar-refractivity contribution in [2.75, 3.05) is 25.1 Å². The Morgan fingerprint density at radius 2 is 2.16 bits per heavy atom. The summed E-state index contributed by atoms with van der Waals surface area (Å²) in [6, 6.07) is 4.62. The molecule has 25 heavy (non-hydrogen) atoms. The van der Waals surface area contributed by atoms with Crippen molar-refractivity contribution in [2.45, 2.75) is 25.8 Å². The predicted octanol–water partition coefficient (Wildman–Crippen LogP) is 2.25. The van der Waals surface area contributed by atoms with Crippen LogP contribution in [-0.2, 0) is 4.74 Å². The topological polar surface area (TPSA) is 77.3 Å². The fraction of sp³-hybridized carbons (Fsp3) is 0.412. The van der Waals surface area contributed by atoms with E-state index >= 15 is 0 Å². The Labute approximate surface area is 144 Å². The first-order valence-electron chi connectivity index (χ1n) is 8.05. The molecule has 1 aromatic heterocycles. The van der Waals surface area contributed by atoms with Gasteiger partial charge in [-0.1, -0.05) is 11.3 Å². The smallest absolute Gasteiger partial charge is 0.360 e. The number of esters is 1. The van der Waals surface area contributed by atoms with Crippen molar-refractivity contribution < 1.29 is 18.7 Å². The number of nitrogens with zero attached hydrogens (tertiary/aromatic N) is 4. The van der Waals surface area contributed by atoms with Crippen LogP contribution in [0, 0.1) is 5.82 Å². The number of carbonyl (C=O) groups excluding carboxylic acids is 2. The molecule has 132 valence electrons. The molecule has 0 radical (unpaired) electrons. The van der Waals surface area contributed by atoms with E-state index in [9.17, 15) is 14.0 Å². The molecule has 1 atom stereocenters. The maximum Gasteiger partial charge on any atom is 0.360 e. The Morgan fingerprint density at radius 1 is 1.36 bits per heavy atom. The van der Waals surface area contributed by atoms with Crippen molar-refractivity contribution in [3.8, 4) is 0 Å². The standard InChI is InChI=1S/C17H19FN4O3/c1-11(23)16-13(18)6-3-7-15(16)21-8-4-5-12(9-21)22-10-14(19-20-22)17(24)25-2/h3,6-7,10,12H,4-5,8-9H2,1-2H3. The van der Waals surface area contributed by atoms with E-state index in [1.807, 2.05) is 4.90 Å². The molecular formula is C17H19FN4O3. The van der Waals surface area contributed by atoms with Crippen molar-refractivity contribution >= 4 is 17.4 Å². The molecule has 0 amide bonds. The Kier molecular flexibility index (Phi) is 4.78. The first-order chi connectivity index (χ1) is 12.0. The lowest BCUT2D eigenvalue weighted by Gasteiger charge is -2.35. The van der Waals surface area contributed by atoms with Crippen LogP contribution in [0.4, 0.5) is 10.1 Å². The number of aromatic nitrogens is 3. The van der Waals surface area contributed by atoms with E-state index in [-0.39, 0.29) is 23.1 Å². The van der Waals surface area contributed by atoms with Gasteiger partial charge in [-0.3, -0.25) is 4.79 Å². The van der Waals surface area contributed by atoms with Gasteiger partial charge >= 0.3 is 5.97 Å². The number of rotatable bonds is 4. The summed E-state index contributed by atoms with van der Waals surface area (Å²) in [7, 11) is 1.29. The third-order valence-electron chi connectivity index (χ3n) is 4.36. The number of halogens is 1. The summed E-state index contributed by atoms with van der Waals surface area (Å²) in [6.07, 6.45) is 3.26. The highest BCUT2D eigenvalue weighted by molar-refractivity contribution is 6.00. The molecule has 1 unspecified atom stereocenters. The predicted molar refractivity (Wildman–Crippen MR) is 88.3 cm³/mol. The lowest BCUT2D eigenvalue weighted by molar-refractivity contribution is 0.0593. The second-order valence-electron chi connectivity index (χ2n) is 6.01. The lowest BCUT2D eigenvalue weighted by atomic mass is 10.0. The molecule has 1 fully saturated rings. The fourth-order valence-electron chi connectivity index (χ4n) is 3.17. The van der Waals surface area contributed by atoms with Crippen LogP contribution in [0.25, 0.3) is 0 Å². The summed E-state index contributed by atoms with van der Waals surface area (Å²) in [6.45, 7) is 2.63. The van der Waals surface area contributed by atoms with Gasteiger partial charge in [-0.05, 0) is 31.9 Å². The number of hydrogen-bond acceptors (Lipinski definition) is 6. The Bertz CT molecular complexity index is 805. The Hall–Kier alpha value is -2.77. The normalized spacial score (nSPS) is 17.4. The molecule has 8 heteroatoms. The molecule has 1 aliphatic heterocycles. The highest BCUT2D eigenvalue weighted by Crippen LogP contribution is 2.30. The maximum atomic E-state index is 14.1. The first kappa shape index (κ1) is 17.1. The largest absolute Gasteiger partial charge is 0.464 e. The van der Waals surface area contributed by atoms with Crippen LogP contribution in [0.5, 0.6) is 0 Å². The minimum atomic E-state index is -0.539. The number of ether oxygens (including phenoxy) is 1. The van der Waals surface area contributed by atoms with Crippen LogP contribution < -0.4 is 4.90 Å². The summed E-state index contributed by atoms with van der Waals surface area (Å²) >= 11 is 0. The van der Waals surface area contributed by atoms with Crippen molar-refractivity contribution in [1.29, 1.82) is 0 Å². The Morgan fingerprint density at radius 3 is 2.88 bits per heavy atom. The van der Waals surface area contributed by atoms with Crippen molar-refractivity contribution in [1.82, 2.24) is 15.0 Å². The van der Waals surface area contributed by atoms with E-state index in [0.717, 1.165) is 19.4 Å². The number of anilines is 1. The van der Waals surface area contributed by atoms with Gasteiger partial charge in [-0.25, -0.2) is 13.9 Å². The average Bonchev–Trinajstić information content (AvgIpc) is 3.11. The van der Waals surface area contributed by atoms with Gasteiger partial charge in [0.1, 0.15) is 5.82 Å². The zero-order chi connectivity index (χ0) is 18.0. The van der Waals surface area contributed by atoms with Gasteiger partial charge in [-0.15, -0.1) is 5.10 Å². The third kappa shape index (κ3) is 3.38. The SMILES string of the molecule is COC(=O)c1cn(C2CCCN(c3cccc(F)c3C(C)=O)C2)nn1. The molecule has 1 saturated heterocycles. The average molecular weight is 346 g/mol. The van der Waals surface area contributed by atoms with Crippen LogP contribution in [0.1, 0.15) is 46.7 Å². The third-order valence-corrected chi connectivity index (χ3v) is 4.36. The molecule has 2 aromatic rings. The number of methoxy groups -OCH3 is 1. The highest BCUT2D eigenvalue weighted by Gasteiger charge is 2.26. The zero-order valence-corrected chi connectivity index (χ0v) is 14.1. The number of piperidine rings is 1. The van der Waals surface area contributed by atoms with Gasteiger partial charge in [0.2, 0.25) is 0 Å². The summed E-state index contributed by atoms with van der Waals surface area (Å²) in [5, 5.41) is 7.84. The number of Topliss-reactive ketones (excluding diaryl/α,β-unsaturated/α-hetero) is 1. The zero-order valence-electron chi connectivity index (χ0n) is 14.1. The molecule has 0 spiro atoms. The molecule has 3 rings (SSSR count). The molecular weight excluding hydrogens is 327 g/mol. The second kappa shape index (κ2) is 7.00. The van der Waals surface area contributed by atoms with Gasteiger partial charge in [0.05, 0.1) is 30.6 Å². The minimum Gasteiger partial charge on any atom is -0.464 e. The van der Waals surface area contributed by atoms with Gasteiger partial charge in [-0.2, -0.15) is 0 Å². The first-order valence-corrected chi connectivity index (χ1v) is 8.05. The second-order valence-corrected chi connectivity index (χ2v) is 6.01. The van der Waals surface area contributed by atoms with Crippen molar-refractivity contribution in [3.63, 3.8) is 0 Å². The molecule has 1 aliphatic rings. The van der Waals surface area contributed by atoms with Gasteiger partial charge < -0.3 is 9.64 Å². The van der Waals surface area contributed by atoms with Crippen molar-refractivity contribution in [3.05, 3.63) is 41.5 Å². The Balaban J connectivity index is 1.85. The van der Waals surface area contributed by atoms with Crippen LogP contribution in [-0.4, -0.2) is 46.9 Å². The molecule has 0 aliphatic carbocycles. The molecule has 0 N–H and O–H groups in total. The highest BCUT2D eigenvalue weighted by atomic mass is 19.1. The maximum absolute atomic E-state index is 14.1. The van der Waals surface area contributed by atoms with E-state index in [0.29, 0.717) is 12.2 Å². The number of benzene rings is 1. The molecule has 0 bridgehead atoms. The van der Waals surface area contributed by atoms with Gasteiger partial charge in [0.15, 0.2) is 11.5 Å². The van der Waals surface area contributed by atoms with Crippen LogP contribution in [0.2, 0.25) is 0 Å². The van der Waals surface area contributed by atoms with E-state index in [1.165, 1.54) is 20.1 Å². The summed E-state index contributed by atoms with van der Waals surface area (Å²) < 4.78 is 20.3. The number of hydrogen-bond donors (Lipinski definition) is 0. The molecule has 0 saturated carbocycles. The molecule has 1 aromatic carbocycles. The summed E-state index contributed by atoms with van der Waals surface area (Å²) in [5.74, 6) is -1.35. The fourth-order valence-corrected chi connectivity index (χ4v) is 3.17. The monoisotopic (exact) mass is 346 g/mol.